The fourth-order valence-corrected chi connectivity index (χ4v) is 2.00. The molecule has 0 radical (unpaired) electrons. The highest BCUT2D eigenvalue weighted by molar-refractivity contribution is 5.88. The van der Waals surface area contributed by atoms with E-state index in [0.717, 1.165) is 0 Å². The summed E-state index contributed by atoms with van der Waals surface area (Å²) in [7, 11) is 1.56. The standard InChI is InChI=1S/C17H21N3O4/c1-12(17(23)20(3)10-4-9-18)24-16(22)11-14-5-7-15(8-6-14)19-13(2)21/h5-8,12H,4,10-11H2,1-3H3,(H,19,21)/t12-/m0/s1. The van der Waals surface area contributed by atoms with Gasteiger partial charge in [0.2, 0.25) is 5.91 Å². The van der Waals surface area contributed by atoms with E-state index in [4.69, 9.17) is 10.00 Å². The third kappa shape index (κ3) is 6.48. The number of ether oxygens (including phenoxy) is 1. The van der Waals surface area contributed by atoms with Gasteiger partial charge in [0, 0.05) is 26.2 Å². The van der Waals surface area contributed by atoms with Crippen LogP contribution in [0.4, 0.5) is 5.69 Å². The highest BCUT2D eigenvalue weighted by Gasteiger charge is 2.21. The largest absolute Gasteiger partial charge is 0.452 e. The molecule has 0 saturated carbocycles. The summed E-state index contributed by atoms with van der Waals surface area (Å²) < 4.78 is 5.13. The van der Waals surface area contributed by atoms with E-state index in [1.54, 1.807) is 31.3 Å². The van der Waals surface area contributed by atoms with Crippen molar-refractivity contribution in [2.75, 3.05) is 18.9 Å². The summed E-state index contributed by atoms with van der Waals surface area (Å²) in [6.07, 6.45) is -0.650. The van der Waals surface area contributed by atoms with Gasteiger partial charge in [-0.3, -0.25) is 14.4 Å². The van der Waals surface area contributed by atoms with Gasteiger partial charge in [0.15, 0.2) is 6.10 Å². The highest BCUT2D eigenvalue weighted by atomic mass is 16.5. The summed E-state index contributed by atoms with van der Waals surface area (Å²) in [5.74, 6) is -1.04. The number of nitriles is 1. The van der Waals surface area contributed by atoms with Crippen molar-refractivity contribution in [1.82, 2.24) is 4.90 Å². The van der Waals surface area contributed by atoms with Crippen LogP contribution >= 0.6 is 0 Å². The zero-order valence-corrected chi connectivity index (χ0v) is 14.0. The summed E-state index contributed by atoms with van der Waals surface area (Å²) in [5, 5.41) is 11.1. The Morgan fingerprint density at radius 3 is 2.46 bits per heavy atom. The lowest BCUT2D eigenvalue weighted by Crippen LogP contribution is -2.38. The van der Waals surface area contributed by atoms with Crippen LogP contribution in [0, 0.1) is 11.3 Å². The number of carbonyl (C=O) groups excluding carboxylic acids is 3. The molecule has 1 atom stereocenters. The van der Waals surface area contributed by atoms with E-state index in [9.17, 15) is 14.4 Å². The molecule has 0 aliphatic rings. The monoisotopic (exact) mass is 331 g/mol. The fraction of sp³-hybridized carbons (Fsp3) is 0.412. The van der Waals surface area contributed by atoms with E-state index in [0.29, 0.717) is 17.8 Å². The second-order valence-electron chi connectivity index (χ2n) is 5.35. The summed E-state index contributed by atoms with van der Waals surface area (Å²) in [5.41, 5.74) is 1.36. The summed E-state index contributed by atoms with van der Waals surface area (Å²) >= 11 is 0. The molecule has 1 aromatic rings. The minimum atomic E-state index is -0.903. The van der Waals surface area contributed by atoms with Crippen LogP contribution < -0.4 is 5.32 Å². The van der Waals surface area contributed by atoms with Crippen LogP contribution in [0.2, 0.25) is 0 Å². The van der Waals surface area contributed by atoms with Crippen LogP contribution in [-0.4, -0.2) is 42.4 Å². The molecule has 0 heterocycles. The Morgan fingerprint density at radius 2 is 1.92 bits per heavy atom. The average molecular weight is 331 g/mol. The Morgan fingerprint density at radius 1 is 1.29 bits per heavy atom. The Bertz CT molecular complexity index is 634. The SMILES string of the molecule is CC(=O)Nc1ccc(CC(=O)O[C@@H](C)C(=O)N(C)CCC#N)cc1. The Labute approximate surface area is 141 Å². The second kappa shape index (κ2) is 9.30. The van der Waals surface area contributed by atoms with Gasteiger partial charge in [0.05, 0.1) is 18.9 Å². The minimum Gasteiger partial charge on any atom is -0.452 e. The molecule has 7 nitrogen and oxygen atoms in total. The molecule has 0 unspecified atom stereocenters. The first-order valence-electron chi connectivity index (χ1n) is 7.51. The predicted octanol–water partition coefficient (Wildman–Crippen LogP) is 1.49. The van der Waals surface area contributed by atoms with Gasteiger partial charge >= 0.3 is 5.97 Å². The lowest BCUT2D eigenvalue weighted by Gasteiger charge is -2.20. The second-order valence-corrected chi connectivity index (χ2v) is 5.35. The number of hydrogen-bond donors (Lipinski definition) is 1. The van der Waals surface area contributed by atoms with E-state index >= 15 is 0 Å². The van der Waals surface area contributed by atoms with Crippen LogP contribution in [-0.2, 0) is 25.5 Å². The maximum absolute atomic E-state index is 12.0. The van der Waals surface area contributed by atoms with Crippen molar-refractivity contribution in [3.63, 3.8) is 0 Å². The van der Waals surface area contributed by atoms with Crippen molar-refractivity contribution in [1.29, 1.82) is 5.26 Å². The molecule has 0 saturated heterocycles. The van der Waals surface area contributed by atoms with E-state index in [1.165, 1.54) is 18.7 Å². The van der Waals surface area contributed by atoms with Gasteiger partial charge in [-0.2, -0.15) is 5.26 Å². The van der Waals surface area contributed by atoms with Crippen molar-refractivity contribution in [3.8, 4) is 6.07 Å². The first kappa shape index (κ1) is 19.2. The molecule has 128 valence electrons. The molecule has 0 aliphatic carbocycles. The number of anilines is 1. The lowest BCUT2D eigenvalue weighted by molar-refractivity contribution is -0.157. The number of esters is 1. The number of carbonyl (C=O) groups is 3. The van der Waals surface area contributed by atoms with Gasteiger partial charge in [-0.1, -0.05) is 12.1 Å². The zero-order chi connectivity index (χ0) is 18.1. The first-order chi connectivity index (χ1) is 11.3. The van der Waals surface area contributed by atoms with Gasteiger partial charge in [-0.05, 0) is 24.6 Å². The van der Waals surface area contributed by atoms with Gasteiger partial charge < -0.3 is 15.0 Å². The van der Waals surface area contributed by atoms with E-state index < -0.39 is 12.1 Å². The Hall–Kier alpha value is -2.88. The van der Waals surface area contributed by atoms with Crippen LogP contribution in [0.3, 0.4) is 0 Å². The molecule has 2 amide bonds. The molecular formula is C17H21N3O4. The Kier molecular flexibility index (Phi) is 7.43. The minimum absolute atomic E-state index is 0.0277. The average Bonchev–Trinajstić information content (AvgIpc) is 2.53. The summed E-state index contributed by atoms with van der Waals surface area (Å²) in [4.78, 5) is 36.2. The molecule has 0 spiro atoms. The van der Waals surface area contributed by atoms with Crippen LogP contribution in [0.15, 0.2) is 24.3 Å². The number of amides is 2. The number of benzene rings is 1. The summed E-state index contributed by atoms with van der Waals surface area (Å²) in [6.45, 7) is 3.21. The van der Waals surface area contributed by atoms with Crippen molar-refractivity contribution in [3.05, 3.63) is 29.8 Å². The Balaban J connectivity index is 2.51. The topological polar surface area (TPSA) is 99.5 Å². The van der Waals surface area contributed by atoms with Crippen molar-refractivity contribution < 1.29 is 19.1 Å². The van der Waals surface area contributed by atoms with Gasteiger partial charge in [0.1, 0.15) is 0 Å². The zero-order valence-electron chi connectivity index (χ0n) is 14.0. The van der Waals surface area contributed by atoms with Crippen LogP contribution in [0.25, 0.3) is 0 Å². The molecule has 1 rings (SSSR count). The molecule has 0 bridgehead atoms. The first-order valence-corrected chi connectivity index (χ1v) is 7.51. The number of hydrogen-bond acceptors (Lipinski definition) is 5. The molecule has 1 N–H and O–H groups in total. The van der Waals surface area contributed by atoms with Crippen LogP contribution in [0.1, 0.15) is 25.8 Å². The van der Waals surface area contributed by atoms with E-state index in [1.807, 2.05) is 6.07 Å². The van der Waals surface area contributed by atoms with Gasteiger partial charge in [0.25, 0.3) is 5.91 Å². The van der Waals surface area contributed by atoms with Crippen molar-refractivity contribution in [2.24, 2.45) is 0 Å². The molecule has 24 heavy (non-hydrogen) atoms. The third-order valence-electron chi connectivity index (χ3n) is 3.21. The summed E-state index contributed by atoms with van der Waals surface area (Å²) in [6, 6.07) is 8.74. The molecular weight excluding hydrogens is 310 g/mol. The van der Waals surface area contributed by atoms with Crippen molar-refractivity contribution >= 4 is 23.5 Å². The number of likely N-dealkylation sites (N-methyl/N-ethyl adjacent to an activating group) is 1. The maximum atomic E-state index is 12.0. The fourth-order valence-electron chi connectivity index (χ4n) is 2.00. The predicted molar refractivity (Wildman–Crippen MR) is 87.9 cm³/mol. The van der Waals surface area contributed by atoms with Gasteiger partial charge in [-0.25, -0.2) is 0 Å². The molecule has 0 aromatic heterocycles. The van der Waals surface area contributed by atoms with Gasteiger partial charge in [-0.15, -0.1) is 0 Å². The quantitative estimate of drug-likeness (QED) is 0.763. The molecule has 7 heteroatoms. The normalized spacial score (nSPS) is 11.1. The third-order valence-corrected chi connectivity index (χ3v) is 3.21. The maximum Gasteiger partial charge on any atom is 0.311 e. The lowest BCUT2D eigenvalue weighted by atomic mass is 10.1. The number of nitrogens with zero attached hydrogens (tertiary/aromatic N) is 2. The molecule has 0 aliphatic heterocycles. The van der Waals surface area contributed by atoms with E-state index in [2.05, 4.69) is 5.32 Å². The molecule has 1 aromatic carbocycles. The van der Waals surface area contributed by atoms with E-state index in [-0.39, 0.29) is 24.7 Å². The smallest absolute Gasteiger partial charge is 0.311 e. The number of rotatable bonds is 7. The molecule has 0 fully saturated rings. The van der Waals surface area contributed by atoms with Crippen LogP contribution in [0.5, 0.6) is 0 Å². The highest BCUT2D eigenvalue weighted by Crippen LogP contribution is 2.11. The van der Waals surface area contributed by atoms with Crippen molar-refractivity contribution in [2.45, 2.75) is 32.8 Å². The number of nitrogens with one attached hydrogen (secondary N) is 1.